The molecule has 1 heterocycles. The maximum atomic E-state index is 10.5. The van der Waals surface area contributed by atoms with Crippen LogP contribution in [0, 0.1) is 0 Å². The molecule has 0 aliphatic heterocycles. The van der Waals surface area contributed by atoms with Crippen LogP contribution in [0.3, 0.4) is 0 Å². The van der Waals surface area contributed by atoms with Gasteiger partial charge in [-0.15, -0.1) is 0 Å². The predicted octanol–water partition coefficient (Wildman–Crippen LogP) is 1.54. The summed E-state index contributed by atoms with van der Waals surface area (Å²) in [6.45, 7) is 0. The second-order valence-corrected chi connectivity index (χ2v) is 3.01. The third-order valence-electron chi connectivity index (χ3n) is 2.01. The fraction of sp³-hybridized carbons (Fsp3) is 0. The Morgan fingerprint density at radius 1 is 1.20 bits per heavy atom. The molecule has 2 aromatic rings. The second kappa shape index (κ2) is 3.88. The lowest BCUT2D eigenvalue weighted by atomic mass is 10.2. The lowest BCUT2D eigenvalue weighted by molar-refractivity contribution is 0.111. The Labute approximate surface area is 86.8 Å². The minimum absolute atomic E-state index is 0.159. The number of carbonyl (C=O) groups excluding carboxylic acids is 1. The lowest BCUT2D eigenvalue weighted by Crippen LogP contribution is -2.00. The number of aldehydes is 1. The summed E-state index contributed by atoms with van der Waals surface area (Å²) in [5, 5.41) is 0. The third kappa shape index (κ3) is 1.83. The van der Waals surface area contributed by atoms with E-state index in [1.807, 2.05) is 30.3 Å². The smallest absolute Gasteiger partial charge is 0.172 e. The van der Waals surface area contributed by atoms with Gasteiger partial charge in [-0.05, 0) is 0 Å². The van der Waals surface area contributed by atoms with Crippen LogP contribution in [0.5, 0.6) is 0 Å². The number of nitrogen functional groups attached to an aromatic ring is 1. The van der Waals surface area contributed by atoms with Gasteiger partial charge in [0.2, 0.25) is 0 Å². The minimum Gasteiger partial charge on any atom is -0.382 e. The average Bonchev–Trinajstić information content (AvgIpc) is 2.30. The highest BCUT2D eigenvalue weighted by Gasteiger charge is 2.04. The summed E-state index contributed by atoms with van der Waals surface area (Å²) in [4.78, 5) is 18.5. The highest BCUT2D eigenvalue weighted by Crippen LogP contribution is 2.16. The van der Waals surface area contributed by atoms with E-state index in [2.05, 4.69) is 9.97 Å². The zero-order chi connectivity index (χ0) is 10.7. The Hall–Kier alpha value is -2.23. The van der Waals surface area contributed by atoms with Crippen molar-refractivity contribution < 1.29 is 4.79 Å². The first kappa shape index (κ1) is 9.33. The van der Waals surface area contributed by atoms with E-state index in [4.69, 9.17) is 5.73 Å². The Balaban J connectivity index is 2.47. The largest absolute Gasteiger partial charge is 0.382 e. The van der Waals surface area contributed by atoms with Crippen LogP contribution >= 0.6 is 0 Å². The van der Waals surface area contributed by atoms with Gasteiger partial charge in [0, 0.05) is 5.56 Å². The van der Waals surface area contributed by atoms with Crippen molar-refractivity contribution in [3.8, 4) is 11.3 Å². The maximum Gasteiger partial charge on any atom is 0.172 e. The number of aromatic nitrogens is 2. The Kier molecular flexibility index (Phi) is 2.41. The normalized spacial score (nSPS) is 9.87. The van der Waals surface area contributed by atoms with Crippen molar-refractivity contribution in [3.63, 3.8) is 0 Å². The SMILES string of the molecule is Nc1nc(-c2ccccc2)cnc1C=O. The molecule has 0 amide bonds. The summed E-state index contributed by atoms with van der Waals surface area (Å²) in [6.07, 6.45) is 2.13. The maximum absolute atomic E-state index is 10.5. The molecule has 0 unspecified atom stereocenters. The molecule has 0 saturated carbocycles. The molecule has 1 aromatic heterocycles. The van der Waals surface area contributed by atoms with Crippen molar-refractivity contribution in [2.75, 3.05) is 5.73 Å². The van der Waals surface area contributed by atoms with Crippen LogP contribution in [0.15, 0.2) is 36.5 Å². The van der Waals surface area contributed by atoms with Gasteiger partial charge in [0.1, 0.15) is 5.69 Å². The van der Waals surface area contributed by atoms with Crippen LogP contribution in [0.4, 0.5) is 5.82 Å². The third-order valence-corrected chi connectivity index (χ3v) is 2.01. The van der Waals surface area contributed by atoms with Gasteiger partial charge in [-0.25, -0.2) is 9.97 Å². The number of nitrogens with zero attached hydrogens (tertiary/aromatic N) is 2. The van der Waals surface area contributed by atoms with Crippen molar-refractivity contribution in [2.45, 2.75) is 0 Å². The molecule has 0 saturated heterocycles. The molecule has 15 heavy (non-hydrogen) atoms. The number of anilines is 1. The first-order chi connectivity index (χ1) is 7.31. The molecule has 0 bridgehead atoms. The van der Waals surface area contributed by atoms with Crippen LogP contribution in [0.1, 0.15) is 10.5 Å². The van der Waals surface area contributed by atoms with Crippen LogP contribution in [0.2, 0.25) is 0 Å². The summed E-state index contributed by atoms with van der Waals surface area (Å²) in [5.41, 5.74) is 7.33. The summed E-state index contributed by atoms with van der Waals surface area (Å²) in [7, 11) is 0. The van der Waals surface area contributed by atoms with Gasteiger partial charge in [-0.1, -0.05) is 30.3 Å². The van der Waals surface area contributed by atoms with E-state index < -0.39 is 0 Å². The summed E-state index contributed by atoms with van der Waals surface area (Å²) in [6, 6.07) is 9.54. The molecule has 1 aromatic carbocycles. The van der Waals surface area contributed by atoms with Gasteiger partial charge in [0.15, 0.2) is 12.1 Å². The number of rotatable bonds is 2. The lowest BCUT2D eigenvalue weighted by Gasteiger charge is -2.02. The summed E-state index contributed by atoms with van der Waals surface area (Å²) >= 11 is 0. The Morgan fingerprint density at radius 2 is 1.93 bits per heavy atom. The van der Waals surface area contributed by atoms with E-state index in [0.717, 1.165) is 5.56 Å². The van der Waals surface area contributed by atoms with Gasteiger partial charge < -0.3 is 5.73 Å². The number of carbonyl (C=O) groups is 1. The van der Waals surface area contributed by atoms with Crippen molar-refractivity contribution in [2.24, 2.45) is 0 Å². The number of nitrogens with two attached hydrogens (primary N) is 1. The molecule has 4 heteroatoms. The van der Waals surface area contributed by atoms with Crippen molar-refractivity contribution in [1.82, 2.24) is 9.97 Å². The second-order valence-electron chi connectivity index (χ2n) is 3.01. The standard InChI is InChI=1S/C11H9N3O/c12-11-10(7-15)13-6-9(14-11)8-4-2-1-3-5-8/h1-7H,(H2,12,14). The molecule has 0 aliphatic rings. The Morgan fingerprint density at radius 3 is 2.53 bits per heavy atom. The number of hydrogen-bond donors (Lipinski definition) is 1. The molecular formula is C11H9N3O. The Bertz CT molecular complexity index is 482. The van der Waals surface area contributed by atoms with Gasteiger partial charge >= 0.3 is 0 Å². The van der Waals surface area contributed by atoms with E-state index in [9.17, 15) is 4.79 Å². The zero-order valence-electron chi connectivity index (χ0n) is 7.92. The molecule has 0 spiro atoms. The van der Waals surface area contributed by atoms with E-state index >= 15 is 0 Å². The van der Waals surface area contributed by atoms with Crippen molar-refractivity contribution in [3.05, 3.63) is 42.2 Å². The molecule has 4 nitrogen and oxygen atoms in total. The molecule has 2 rings (SSSR count). The van der Waals surface area contributed by atoms with Gasteiger partial charge in [0.05, 0.1) is 11.9 Å². The highest BCUT2D eigenvalue weighted by molar-refractivity contribution is 5.79. The molecule has 0 fully saturated rings. The monoisotopic (exact) mass is 199 g/mol. The zero-order valence-corrected chi connectivity index (χ0v) is 7.92. The van der Waals surface area contributed by atoms with Crippen LogP contribution in [-0.4, -0.2) is 16.3 Å². The molecule has 0 aliphatic carbocycles. The number of hydrogen-bond acceptors (Lipinski definition) is 4. The van der Waals surface area contributed by atoms with Crippen molar-refractivity contribution >= 4 is 12.1 Å². The van der Waals surface area contributed by atoms with E-state index in [1.165, 1.54) is 6.20 Å². The molecule has 74 valence electrons. The fourth-order valence-corrected chi connectivity index (χ4v) is 1.25. The first-order valence-electron chi connectivity index (χ1n) is 4.44. The van der Waals surface area contributed by atoms with Crippen LogP contribution in [0.25, 0.3) is 11.3 Å². The summed E-state index contributed by atoms with van der Waals surface area (Å²) in [5.74, 6) is 0.159. The molecule has 0 atom stereocenters. The highest BCUT2D eigenvalue weighted by atomic mass is 16.1. The fourth-order valence-electron chi connectivity index (χ4n) is 1.25. The average molecular weight is 199 g/mol. The quantitative estimate of drug-likeness (QED) is 0.745. The molecular weight excluding hydrogens is 190 g/mol. The first-order valence-corrected chi connectivity index (χ1v) is 4.44. The molecule has 2 N–H and O–H groups in total. The van der Waals surface area contributed by atoms with Gasteiger partial charge in [0.25, 0.3) is 0 Å². The summed E-state index contributed by atoms with van der Waals surface area (Å²) < 4.78 is 0. The predicted molar refractivity (Wildman–Crippen MR) is 57.3 cm³/mol. The van der Waals surface area contributed by atoms with E-state index in [1.54, 1.807) is 0 Å². The van der Waals surface area contributed by atoms with Gasteiger partial charge in [-0.3, -0.25) is 4.79 Å². The van der Waals surface area contributed by atoms with Gasteiger partial charge in [-0.2, -0.15) is 0 Å². The van der Waals surface area contributed by atoms with E-state index in [-0.39, 0.29) is 11.5 Å². The topological polar surface area (TPSA) is 68.9 Å². The van der Waals surface area contributed by atoms with Crippen LogP contribution < -0.4 is 5.73 Å². The van der Waals surface area contributed by atoms with Crippen LogP contribution in [-0.2, 0) is 0 Å². The van der Waals surface area contributed by atoms with E-state index in [0.29, 0.717) is 12.0 Å². The van der Waals surface area contributed by atoms with Crippen molar-refractivity contribution in [1.29, 1.82) is 0 Å². The number of benzene rings is 1. The molecule has 0 radical (unpaired) electrons. The minimum atomic E-state index is 0.159.